The van der Waals surface area contributed by atoms with Gasteiger partial charge in [0.15, 0.2) is 5.96 Å². The van der Waals surface area contributed by atoms with Gasteiger partial charge in [-0.3, -0.25) is 9.89 Å². The summed E-state index contributed by atoms with van der Waals surface area (Å²) in [5.41, 5.74) is 0.955. The number of halogens is 5. The van der Waals surface area contributed by atoms with Gasteiger partial charge in [0.05, 0.1) is 6.54 Å². The number of benzene rings is 1. The molecule has 0 amide bonds. The summed E-state index contributed by atoms with van der Waals surface area (Å²) in [6.07, 6.45) is -3.43. The molecule has 1 unspecified atom stereocenters. The molecule has 0 bridgehead atoms. The van der Waals surface area contributed by atoms with E-state index in [1.807, 2.05) is 18.9 Å². The molecule has 27 heavy (non-hydrogen) atoms. The SMILES string of the molecule is CCNC(=NCC1CCN(CC(F)(F)F)C1)N(C)Cc1ccc(F)cc1.I. The Morgan fingerprint density at radius 2 is 1.96 bits per heavy atom. The Labute approximate surface area is 175 Å². The molecule has 1 saturated heterocycles. The van der Waals surface area contributed by atoms with E-state index in [0.717, 1.165) is 12.0 Å². The van der Waals surface area contributed by atoms with Crippen LogP contribution in [-0.4, -0.2) is 61.7 Å². The zero-order valence-electron chi connectivity index (χ0n) is 15.6. The van der Waals surface area contributed by atoms with Crippen LogP contribution < -0.4 is 5.32 Å². The first kappa shape index (κ1) is 23.9. The molecule has 0 radical (unpaired) electrons. The average Bonchev–Trinajstić information content (AvgIpc) is 2.99. The van der Waals surface area contributed by atoms with Gasteiger partial charge in [0.25, 0.3) is 0 Å². The minimum atomic E-state index is -4.15. The van der Waals surface area contributed by atoms with Crippen LogP contribution in [0, 0.1) is 11.7 Å². The van der Waals surface area contributed by atoms with Crippen LogP contribution in [0.15, 0.2) is 29.3 Å². The number of hydrogen-bond donors (Lipinski definition) is 1. The number of hydrogen-bond acceptors (Lipinski definition) is 2. The number of rotatable bonds is 6. The summed E-state index contributed by atoms with van der Waals surface area (Å²) < 4.78 is 50.4. The van der Waals surface area contributed by atoms with E-state index in [2.05, 4.69) is 10.3 Å². The van der Waals surface area contributed by atoms with E-state index < -0.39 is 12.7 Å². The molecule has 1 fully saturated rings. The van der Waals surface area contributed by atoms with Gasteiger partial charge < -0.3 is 10.2 Å². The van der Waals surface area contributed by atoms with E-state index in [-0.39, 0.29) is 35.7 Å². The predicted octanol–water partition coefficient (Wildman–Crippen LogP) is 3.73. The second-order valence-corrected chi connectivity index (χ2v) is 6.68. The molecule has 4 nitrogen and oxygen atoms in total. The van der Waals surface area contributed by atoms with Gasteiger partial charge in [-0.15, -0.1) is 24.0 Å². The molecule has 0 saturated carbocycles. The molecule has 1 atom stereocenters. The van der Waals surface area contributed by atoms with Crippen molar-refractivity contribution in [1.82, 2.24) is 15.1 Å². The van der Waals surface area contributed by atoms with Crippen LogP contribution in [0.1, 0.15) is 18.9 Å². The molecule has 0 aliphatic carbocycles. The van der Waals surface area contributed by atoms with Crippen molar-refractivity contribution in [2.45, 2.75) is 26.1 Å². The van der Waals surface area contributed by atoms with Crippen molar-refractivity contribution in [1.29, 1.82) is 0 Å². The van der Waals surface area contributed by atoms with Crippen molar-refractivity contribution in [2.24, 2.45) is 10.9 Å². The van der Waals surface area contributed by atoms with Crippen molar-refractivity contribution in [3.63, 3.8) is 0 Å². The molecular weight excluding hydrogens is 475 g/mol. The van der Waals surface area contributed by atoms with Gasteiger partial charge in [0, 0.05) is 33.2 Å². The smallest absolute Gasteiger partial charge is 0.357 e. The molecular formula is C18H27F4IN4. The zero-order chi connectivity index (χ0) is 19.2. The first-order valence-corrected chi connectivity index (χ1v) is 8.80. The van der Waals surface area contributed by atoms with Crippen LogP contribution in [0.5, 0.6) is 0 Å². The fourth-order valence-electron chi connectivity index (χ4n) is 3.08. The topological polar surface area (TPSA) is 30.9 Å². The highest BCUT2D eigenvalue weighted by Gasteiger charge is 2.34. The molecule has 9 heteroatoms. The lowest BCUT2D eigenvalue weighted by Gasteiger charge is -2.23. The van der Waals surface area contributed by atoms with E-state index in [0.29, 0.717) is 38.7 Å². The summed E-state index contributed by atoms with van der Waals surface area (Å²) in [5, 5.41) is 3.20. The maximum atomic E-state index is 13.0. The maximum Gasteiger partial charge on any atom is 0.401 e. The largest absolute Gasteiger partial charge is 0.401 e. The summed E-state index contributed by atoms with van der Waals surface area (Å²) in [6, 6.07) is 6.28. The highest BCUT2D eigenvalue weighted by Crippen LogP contribution is 2.23. The summed E-state index contributed by atoms with van der Waals surface area (Å²) in [7, 11) is 1.88. The van der Waals surface area contributed by atoms with Crippen LogP contribution in [0.4, 0.5) is 17.6 Å². The highest BCUT2D eigenvalue weighted by atomic mass is 127. The quantitative estimate of drug-likeness (QED) is 0.279. The summed E-state index contributed by atoms with van der Waals surface area (Å²) in [4.78, 5) is 7.96. The minimum absolute atomic E-state index is 0. The highest BCUT2D eigenvalue weighted by molar-refractivity contribution is 14.0. The molecule has 1 aromatic rings. The molecule has 1 aromatic carbocycles. The molecule has 1 heterocycles. The van der Waals surface area contributed by atoms with Crippen molar-refractivity contribution < 1.29 is 17.6 Å². The third-order valence-corrected chi connectivity index (χ3v) is 4.30. The lowest BCUT2D eigenvalue weighted by Crippen LogP contribution is -2.39. The number of alkyl halides is 3. The summed E-state index contributed by atoms with van der Waals surface area (Å²) in [6.45, 7) is 3.74. The van der Waals surface area contributed by atoms with Crippen LogP contribution in [0.25, 0.3) is 0 Å². The molecule has 0 aromatic heterocycles. The number of guanidine groups is 1. The molecule has 1 aliphatic heterocycles. The van der Waals surface area contributed by atoms with E-state index in [4.69, 9.17) is 0 Å². The Balaban J connectivity index is 0.00000364. The first-order chi connectivity index (χ1) is 12.3. The molecule has 1 aliphatic rings. The number of likely N-dealkylation sites (tertiary alicyclic amines) is 1. The number of nitrogens with one attached hydrogen (secondary N) is 1. The lowest BCUT2D eigenvalue weighted by molar-refractivity contribution is -0.143. The Kier molecular flexibility index (Phi) is 9.78. The van der Waals surface area contributed by atoms with Crippen LogP contribution in [0.3, 0.4) is 0 Å². The van der Waals surface area contributed by atoms with Gasteiger partial charge in [-0.1, -0.05) is 12.1 Å². The van der Waals surface area contributed by atoms with Gasteiger partial charge in [-0.25, -0.2) is 4.39 Å². The second kappa shape index (κ2) is 11.0. The molecule has 0 spiro atoms. The van der Waals surface area contributed by atoms with Gasteiger partial charge in [-0.2, -0.15) is 13.2 Å². The van der Waals surface area contributed by atoms with E-state index in [1.165, 1.54) is 17.0 Å². The minimum Gasteiger partial charge on any atom is -0.357 e. The van der Waals surface area contributed by atoms with E-state index in [9.17, 15) is 17.6 Å². The third-order valence-electron chi connectivity index (χ3n) is 4.30. The number of aliphatic imine (C=N–C) groups is 1. The van der Waals surface area contributed by atoms with Gasteiger partial charge in [0.2, 0.25) is 0 Å². The Hall–Kier alpha value is -1.10. The standard InChI is InChI=1S/C18H26F4N4.HI/c1-3-23-17(25(2)11-14-4-6-16(19)7-5-14)24-10-15-8-9-26(12-15)13-18(20,21)22;/h4-7,15H,3,8-13H2,1-2H3,(H,23,24);1H. The zero-order valence-corrected chi connectivity index (χ0v) is 17.9. The van der Waals surface area contributed by atoms with Crippen molar-refractivity contribution >= 4 is 29.9 Å². The van der Waals surface area contributed by atoms with Gasteiger partial charge in [0.1, 0.15) is 5.82 Å². The molecule has 1 N–H and O–H groups in total. The van der Waals surface area contributed by atoms with Crippen LogP contribution in [-0.2, 0) is 6.54 Å². The Morgan fingerprint density at radius 3 is 2.56 bits per heavy atom. The normalized spacial score (nSPS) is 18.3. The van der Waals surface area contributed by atoms with Gasteiger partial charge in [-0.05, 0) is 43.5 Å². The van der Waals surface area contributed by atoms with E-state index in [1.54, 1.807) is 12.1 Å². The maximum absolute atomic E-state index is 13.0. The van der Waals surface area contributed by atoms with Crippen LogP contribution in [0.2, 0.25) is 0 Å². The molecule has 2 rings (SSSR count). The number of nitrogens with zero attached hydrogens (tertiary/aromatic N) is 3. The first-order valence-electron chi connectivity index (χ1n) is 8.80. The second-order valence-electron chi connectivity index (χ2n) is 6.68. The molecule has 154 valence electrons. The lowest BCUT2D eigenvalue weighted by atomic mass is 10.1. The fourth-order valence-corrected chi connectivity index (χ4v) is 3.08. The van der Waals surface area contributed by atoms with Crippen molar-refractivity contribution in [3.8, 4) is 0 Å². The van der Waals surface area contributed by atoms with Gasteiger partial charge >= 0.3 is 6.18 Å². The average molecular weight is 502 g/mol. The third kappa shape index (κ3) is 8.63. The summed E-state index contributed by atoms with van der Waals surface area (Å²) in [5.74, 6) is 0.554. The van der Waals surface area contributed by atoms with E-state index >= 15 is 0 Å². The summed E-state index contributed by atoms with van der Waals surface area (Å²) >= 11 is 0. The fraction of sp³-hybridized carbons (Fsp3) is 0.611. The predicted molar refractivity (Wildman–Crippen MR) is 110 cm³/mol. The Bertz CT molecular complexity index is 592. The van der Waals surface area contributed by atoms with Crippen molar-refractivity contribution in [2.75, 3.05) is 39.8 Å². The van der Waals surface area contributed by atoms with Crippen LogP contribution >= 0.6 is 24.0 Å². The van der Waals surface area contributed by atoms with Crippen molar-refractivity contribution in [3.05, 3.63) is 35.6 Å². The monoisotopic (exact) mass is 502 g/mol. The Morgan fingerprint density at radius 1 is 1.30 bits per heavy atom.